The number of urea groups is 1. The van der Waals surface area contributed by atoms with Gasteiger partial charge in [0, 0.05) is 6.04 Å². The highest BCUT2D eigenvalue weighted by Crippen LogP contribution is 2.60. The lowest BCUT2D eigenvalue weighted by Crippen LogP contribution is -2.65. The number of hydrogen-bond donors (Lipinski definition) is 1. The second-order valence-corrected chi connectivity index (χ2v) is 7.30. The van der Waals surface area contributed by atoms with Crippen LogP contribution in [0.4, 0.5) is 10.5 Å². The van der Waals surface area contributed by atoms with Gasteiger partial charge in [-0.05, 0) is 42.7 Å². The van der Waals surface area contributed by atoms with Gasteiger partial charge >= 0.3 is 6.03 Å². The van der Waals surface area contributed by atoms with Crippen LogP contribution in [-0.2, 0) is 9.59 Å². The van der Waals surface area contributed by atoms with Gasteiger partial charge in [0.15, 0.2) is 0 Å². The molecule has 6 heteroatoms. The average Bonchev–Trinajstić information content (AvgIpc) is 2.84. The summed E-state index contributed by atoms with van der Waals surface area (Å²) in [4.78, 5) is 39.3. The first-order valence-corrected chi connectivity index (χ1v) is 8.45. The number of imide groups is 1. The van der Waals surface area contributed by atoms with E-state index in [1.807, 2.05) is 6.07 Å². The van der Waals surface area contributed by atoms with Crippen molar-refractivity contribution in [2.24, 2.45) is 11.3 Å². The van der Waals surface area contributed by atoms with Crippen LogP contribution < -0.4 is 10.2 Å². The van der Waals surface area contributed by atoms with Crippen LogP contribution in [0.5, 0.6) is 0 Å². The SMILES string of the molecule is CC12CCC1CC2NC(=O)CN1CC(=O)N(c2ccccc2)C1=O. The molecule has 4 rings (SSSR count). The van der Waals surface area contributed by atoms with Crippen LogP contribution in [0.1, 0.15) is 26.2 Å². The topological polar surface area (TPSA) is 69.7 Å². The molecule has 0 aromatic heterocycles. The lowest BCUT2D eigenvalue weighted by atomic mass is 9.46. The Morgan fingerprint density at radius 3 is 2.62 bits per heavy atom. The van der Waals surface area contributed by atoms with E-state index < -0.39 is 6.03 Å². The molecule has 24 heavy (non-hydrogen) atoms. The number of nitrogens with one attached hydrogen (secondary N) is 1. The minimum Gasteiger partial charge on any atom is -0.351 e. The number of anilines is 1. The van der Waals surface area contributed by atoms with E-state index in [0.717, 1.165) is 23.7 Å². The van der Waals surface area contributed by atoms with Gasteiger partial charge in [-0.2, -0.15) is 0 Å². The molecule has 4 amide bonds. The first kappa shape index (κ1) is 15.2. The highest BCUT2D eigenvalue weighted by molar-refractivity contribution is 6.20. The van der Waals surface area contributed by atoms with Crippen LogP contribution in [0.25, 0.3) is 0 Å². The molecule has 0 radical (unpaired) electrons. The number of carbonyl (C=O) groups is 3. The molecule has 3 atom stereocenters. The average molecular weight is 327 g/mol. The number of benzene rings is 1. The van der Waals surface area contributed by atoms with Crippen molar-refractivity contribution in [1.82, 2.24) is 10.2 Å². The summed E-state index contributed by atoms with van der Waals surface area (Å²) in [6.07, 6.45) is 3.45. The third kappa shape index (κ3) is 2.20. The van der Waals surface area contributed by atoms with Crippen molar-refractivity contribution in [2.75, 3.05) is 18.0 Å². The second-order valence-electron chi connectivity index (χ2n) is 7.30. The fourth-order valence-corrected chi connectivity index (χ4v) is 4.18. The molecule has 1 heterocycles. The standard InChI is InChI=1S/C18H21N3O3/c1-18-8-7-12(18)9-14(18)19-15(22)10-20-11-16(23)21(17(20)24)13-5-3-2-4-6-13/h2-6,12,14H,7-11H2,1H3,(H,19,22). The van der Waals surface area contributed by atoms with Crippen LogP contribution in [0.2, 0.25) is 0 Å². The van der Waals surface area contributed by atoms with Gasteiger partial charge in [-0.1, -0.05) is 25.1 Å². The maximum absolute atomic E-state index is 12.5. The molecule has 1 N–H and O–H groups in total. The molecule has 1 aromatic rings. The molecule has 0 bridgehead atoms. The Bertz CT molecular complexity index is 705. The second kappa shape index (κ2) is 5.33. The highest BCUT2D eigenvalue weighted by Gasteiger charge is 2.57. The van der Waals surface area contributed by atoms with Gasteiger partial charge in [0.2, 0.25) is 5.91 Å². The number of amides is 4. The number of carbonyl (C=O) groups excluding carboxylic acids is 3. The van der Waals surface area contributed by atoms with E-state index in [1.165, 1.54) is 11.3 Å². The monoisotopic (exact) mass is 327 g/mol. The summed E-state index contributed by atoms with van der Waals surface area (Å²) >= 11 is 0. The summed E-state index contributed by atoms with van der Waals surface area (Å²) in [5, 5.41) is 3.04. The van der Waals surface area contributed by atoms with Gasteiger partial charge in [0.25, 0.3) is 5.91 Å². The van der Waals surface area contributed by atoms with Crippen molar-refractivity contribution in [3.63, 3.8) is 0 Å². The molecule has 3 unspecified atom stereocenters. The van der Waals surface area contributed by atoms with Gasteiger partial charge in [-0.3, -0.25) is 9.59 Å². The van der Waals surface area contributed by atoms with Crippen LogP contribution in [-0.4, -0.2) is 41.9 Å². The molecule has 3 fully saturated rings. The minimum absolute atomic E-state index is 0.0499. The fraction of sp³-hybridized carbons (Fsp3) is 0.500. The van der Waals surface area contributed by atoms with Crippen LogP contribution in [0, 0.1) is 11.3 Å². The first-order chi connectivity index (χ1) is 11.5. The zero-order valence-electron chi connectivity index (χ0n) is 13.7. The Morgan fingerprint density at radius 2 is 2.04 bits per heavy atom. The lowest BCUT2D eigenvalue weighted by Gasteiger charge is -2.62. The van der Waals surface area contributed by atoms with Crippen molar-refractivity contribution in [3.8, 4) is 0 Å². The number of fused-ring (bicyclic) bond motifs is 1. The number of para-hydroxylation sites is 1. The molecule has 2 aliphatic carbocycles. The van der Waals surface area contributed by atoms with Gasteiger partial charge in [0.05, 0.1) is 5.69 Å². The summed E-state index contributed by atoms with van der Waals surface area (Å²) in [5.74, 6) is 0.266. The van der Waals surface area contributed by atoms with E-state index in [0.29, 0.717) is 5.69 Å². The molecule has 3 aliphatic rings. The van der Waals surface area contributed by atoms with E-state index in [4.69, 9.17) is 0 Å². The van der Waals surface area contributed by atoms with Crippen molar-refractivity contribution >= 4 is 23.5 Å². The molecule has 1 saturated heterocycles. The van der Waals surface area contributed by atoms with Crippen LogP contribution in [0.15, 0.2) is 30.3 Å². The van der Waals surface area contributed by atoms with Crippen molar-refractivity contribution in [1.29, 1.82) is 0 Å². The third-order valence-corrected chi connectivity index (χ3v) is 6.00. The van der Waals surface area contributed by atoms with E-state index >= 15 is 0 Å². The number of rotatable bonds is 4. The van der Waals surface area contributed by atoms with Crippen molar-refractivity contribution in [3.05, 3.63) is 30.3 Å². The maximum atomic E-state index is 12.5. The Balaban J connectivity index is 1.38. The molecule has 126 valence electrons. The number of nitrogens with zero attached hydrogens (tertiary/aromatic N) is 2. The van der Waals surface area contributed by atoms with Crippen molar-refractivity contribution < 1.29 is 14.4 Å². The quantitative estimate of drug-likeness (QED) is 0.857. The van der Waals surface area contributed by atoms with E-state index in [2.05, 4.69) is 12.2 Å². The van der Waals surface area contributed by atoms with E-state index in [-0.39, 0.29) is 36.4 Å². The maximum Gasteiger partial charge on any atom is 0.332 e. The minimum atomic E-state index is -0.428. The number of hydrogen-bond acceptors (Lipinski definition) is 3. The predicted molar refractivity (Wildman–Crippen MR) is 88.3 cm³/mol. The van der Waals surface area contributed by atoms with Gasteiger partial charge < -0.3 is 10.2 Å². The van der Waals surface area contributed by atoms with Crippen LogP contribution >= 0.6 is 0 Å². The van der Waals surface area contributed by atoms with E-state index in [9.17, 15) is 14.4 Å². The third-order valence-electron chi connectivity index (χ3n) is 6.00. The summed E-state index contributed by atoms with van der Waals surface area (Å²) in [5.41, 5.74) is 0.788. The predicted octanol–water partition coefficient (Wildman–Crippen LogP) is 1.76. The molecular formula is C18H21N3O3. The lowest BCUT2D eigenvalue weighted by molar-refractivity contribution is -0.135. The molecule has 1 aromatic carbocycles. The first-order valence-electron chi connectivity index (χ1n) is 8.45. The Kier molecular flexibility index (Phi) is 3.37. The molecule has 0 spiro atoms. The Hall–Kier alpha value is -2.37. The summed E-state index contributed by atoms with van der Waals surface area (Å²) < 4.78 is 0. The molecule has 6 nitrogen and oxygen atoms in total. The smallest absolute Gasteiger partial charge is 0.332 e. The van der Waals surface area contributed by atoms with E-state index in [1.54, 1.807) is 24.3 Å². The molecule has 1 aliphatic heterocycles. The summed E-state index contributed by atoms with van der Waals surface area (Å²) in [6, 6.07) is 8.59. The van der Waals surface area contributed by atoms with Gasteiger partial charge in [0.1, 0.15) is 13.1 Å². The van der Waals surface area contributed by atoms with Crippen molar-refractivity contribution in [2.45, 2.75) is 32.2 Å². The Morgan fingerprint density at radius 1 is 1.29 bits per heavy atom. The van der Waals surface area contributed by atoms with Crippen LogP contribution in [0.3, 0.4) is 0 Å². The zero-order valence-corrected chi connectivity index (χ0v) is 13.7. The molecule has 2 saturated carbocycles. The zero-order chi connectivity index (χ0) is 16.9. The Labute approximate surface area is 140 Å². The largest absolute Gasteiger partial charge is 0.351 e. The molecular weight excluding hydrogens is 306 g/mol. The summed E-state index contributed by atoms with van der Waals surface area (Å²) in [6.45, 7) is 2.11. The van der Waals surface area contributed by atoms with Gasteiger partial charge in [-0.15, -0.1) is 0 Å². The van der Waals surface area contributed by atoms with Gasteiger partial charge in [-0.25, -0.2) is 9.69 Å². The fourth-order valence-electron chi connectivity index (χ4n) is 4.18. The normalized spacial score (nSPS) is 31.4. The summed E-state index contributed by atoms with van der Waals surface area (Å²) in [7, 11) is 0. The highest BCUT2D eigenvalue weighted by atomic mass is 16.2.